The number of amides is 1. The van der Waals surface area contributed by atoms with Crippen LogP contribution in [0.2, 0.25) is 0 Å². The van der Waals surface area contributed by atoms with E-state index in [4.69, 9.17) is 4.84 Å². The van der Waals surface area contributed by atoms with Crippen molar-refractivity contribution >= 4 is 5.91 Å². The Bertz CT molecular complexity index is 339. The Morgan fingerprint density at radius 3 is 2.86 bits per heavy atom. The van der Waals surface area contributed by atoms with Crippen molar-refractivity contribution in [3.8, 4) is 0 Å². The average molecular weight is 197 g/mol. The minimum absolute atomic E-state index is 0.251. The van der Waals surface area contributed by atoms with Gasteiger partial charge in [0.05, 0.1) is 6.61 Å². The standard InChI is InChI=1S/C10H12FNO2/c1-3-14-12-10(13)8-5-4-7(2)9(11)6-8/h4-6H,3H2,1-2H3,(H,12,13). The maximum Gasteiger partial charge on any atom is 0.274 e. The molecule has 0 spiro atoms. The number of hydrogen-bond acceptors (Lipinski definition) is 2. The first-order valence-electron chi connectivity index (χ1n) is 4.33. The summed E-state index contributed by atoms with van der Waals surface area (Å²) in [4.78, 5) is 16.0. The van der Waals surface area contributed by atoms with E-state index in [0.717, 1.165) is 0 Å². The van der Waals surface area contributed by atoms with Crippen molar-refractivity contribution in [2.45, 2.75) is 13.8 Å². The quantitative estimate of drug-likeness (QED) is 0.750. The highest BCUT2D eigenvalue weighted by Crippen LogP contribution is 2.08. The lowest BCUT2D eigenvalue weighted by Gasteiger charge is -2.04. The average Bonchev–Trinajstić information content (AvgIpc) is 2.18. The fourth-order valence-electron chi connectivity index (χ4n) is 0.931. The molecule has 0 radical (unpaired) electrons. The van der Waals surface area contributed by atoms with Crippen LogP contribution < -0.4 is 5.48 Å². The van der Waals surface area contributed by atoms with Crippen molar-refractivity contribution in [1.29, 1.82) is 0 Å². The summed E-state index contributed by atoms with van der Waals surface area (Å²) < 4.78 is 13.0. The molecule has 0 unspecified atom stereocenters. The van der Waals surface area contributed by atoms with Gasteiger partial charge in [0.2, 0.25) is 0 Å². The summed E-state index contributed by atoms with van der Waals surface area (Å²) in [6, 6.07) is 4.28. The molecule has 0 saturated heterocycles. The molecule has 0 aliphatic rings. The van der Waals surface area contributed by atoms with E-state index in [9.17, 15) is 9.18 Å². The van der Waals surface area contributed by atoms with E-state index >= 15 is 0 Å². The molecule has 1 amide bonds. The van der Waals surface area contributed by atoms with Gasteiger partial charge >= 0.3 is 0 Å². The van der Waals surface area contributed by atoms with Crippen LogP contribution in [0.5, 0.6) is 0 Å². The number of rotatable bonds is 3. The number of hydrogen-bond donors (Lipinski definition) is 1. The third-order valence-electron chi connectivity index (χ3n) is 1.74. The van der Waals surface area contributed by atoms with Crippen LogP contribution >= 0.6 is 0 Å². The number of aryl methyl sites for hydroxylation is 1. The molecule has 1 rings (SSSR count). The van der Waals surface area contributed by atoms with E-state index in [-0.39, 0.29) is 5.56 Å². The van der Waals surface area contributed by atoms with Gasteiger partial charge in [-0.15, -0.1) is 0 Å². The van der Waals surface area contributed by atoms with Crippen molar-refractivity contribution in [2.24, 2.45) is 0 Å². The molecule has 76 valence electrons. The Kier molecular flexibility index (Phi) is 3.59. The topological polar surface area (TPSA) is 38.3 Å². The second-order valence-electron chi connectivity index (χ2n) is 2.83. The Balaban J connectivity index is 2.76. The summed E-state index contributed by atoms with van der Waals surface area (Å²) in [5.41, 5.74) is 2.95. The molecule has 1 N–H and O–H groups in total. The second kappa shape index (κ2) is 4.72. The molecule has 0 bridgehead atoms. The van der Waals surface area contributed by atoms with Crippen LogP contribution in [0, 0.1) is 12.7 Å². The normalized spacial score (nSPS) is 9.93. The fourth-order valence-corrected chi connectivity index (χ4v) is 0.931. The number of benzene rings is 1. The minimum atomic E-state index is -0.439. The summed E-state index contributed by atoms with van der Waals surface area (Å²) in [6.45, 7) is 3.76. The number of carbonyl (C=O) groups is 1. The van der Waals surface area contributed by atoms with Gasteiger partial charge in [-0.3, -0.25) is 9.63 Å². The Morgan fingerprint density at radius 1 is 1.57 bits per heavy atom. The summed E-state index contributed by atoms with van der Waals surface area (Å²) in [5.74, 6) is -0.833. The first kappa shape index (κ1) is 10.7. The van der Waals surface area contributed by atoms with Gasteiger partial charge in [0, 0.05) is 5.56 Å². The van der Waals surface area contributed by atoms with Crippen LogP contribution in [-0.4, -0.2) is 12.5 Å². The van der Waals surface area contributed by atoms with Crippen LogP contribution in [0.25, 0.3) is 0 Å². The van der Waals surface area contributed by atoms with Gasteiger partial charge in [-0.1, -0.05) is 6.07 Å². The van der Waals surface area contributed by atoms with E-state index in [1.54, 1.807) is 26.0 Å². The van der Waals surface area contributed by atoms with Crippen LogP contribution in [0.15, 0.2) is 18.2 Å². The largest absolute Gasteiger partial charge is 0.274 e. The molecule has 14 heavy (non-hydrogen) atoms. The van der Waals surface area contributed by atoms with Crippen LogP contribution in [0.3, 0.4) is 0 Å². The van der Waals surface area contributed by atoms with Gasteiger partial charge in [-0.25, -0.2) is 9.87 Å². The van der Waals surface area contributed by atoms with Crippen LogP contribution in [0.1, 0.15) is 22.8 Å². The predicted octanol–water partition coefficient (Wildman–Crippen LogP) is 1.82. The Labute approximate surface area is 81.8 Å². The van der Waals surface area contributed by atoms with Gasteiger partial charge in [-0.2, -0.15) is 0 Å². The predicted molar refractivity (Wildman–Crippen MR) is 50.2 cm³/mol. The highest BCUT2D eigenvalue weighted by molar-refractivity contribution is 5.93. The number of halogens is 1. The molecule has 0 aliphatic carbocycles. The first-order chi connectivity index (χ1) is 6.65. The van der Waals surface area contributed by atoms with Crippen molar-refractivity contribution in [2.75, 3.05) is 6.61 Å². The summed E-state index contributed by atoms with van der Waals surface area (Å²) >= 11 is 0. The van der Waals surface area contributed by atoms with E-state index in [1.165, 1.54) is 6.07 Å². The van der Waals surface area contributed by atoms with Gasteiger partial charge in [0.15, 0.2) is 0 Å². The molecule has 1 aromatic rings. The molecule has 0 aromatic heterocycles. The van der Waals surface area contributed by atoms with Gasteiger partial charge < -0.3 is 0 Å². The molecule has 0 saturated carbocycles. The summed E-state index contributed by atoms with van der Waals surface area (Å²) in [7, 11) is 0. The molecule has 0 atom stereocenters. The lowest BCUT2D eigenvalue weighted by Crippen LogP contribution is -2.23. The van der Waals surface area contributed by atoms with E-state index in [1.807, 2.05) is 0 Å². The Hall–Kier alpha value is -1.42. The van der Waals surface area contributed by atoms with Gasteiger partial charge in [0.25, 0.3) is 5.91 Å². The van der Waals surface area contributed by atoms with Crippen LogP contribution in [0.4, 0.5) is 4.39 Å². The molecule has 3 nitrogen and oxygen atoms in total. The lowest BCUT2D eigenvalue weighted by atomic mass is 10.1. The second-order valence-corrected chi connectivity index (χ2v) is 2.83. The number of nitrogens with one attached hydrogen (secondary N) is 1. The minimum Gasteiger partial charge on any atom is -0.274 e. The smallest absolute Gasteiger partial charge is 0.274 e. The first-order valence-corrected chi connectivity index (χ1v) is 4.33. The van der Waals surface area contributed by atoms with E-state index < -0.39 is 11.7 Å². The van der Waals surface area contributed by atoms with Gasteiger partial charge in [0.1, 0.15) is 5.82 Å². The molecular weight excluding hydrogens is 185 g/mol. The van der Waals surface area contributed by atoms with Crippen molar-refractivity contribution < 1.29 is 14.0 Å². The molecule has 4 heteroatoms. The SMILES string of the molecule is CCONC(=O)c1ccc(C)c(F)c1. The third-order valence-corrected chi connectivity index (χ3v) is 1.74. The molecule has 0 fully saturated rings. The lowest BCUT2D eigenvalue weighted by molar-refractivity contribution is 0.0364. The van der Waals surface area contributed by atoms with E-state index in [2.05, 4.69) is 5.48 Å². The van der Waals surface area contributed by atoms with Crippen molar-refractivity contribution in [3.63, 3.8) is 0 Å². The summed E-state index contributed by atoms with van der Waals surface area (Å²) in [5, 5.41) is 0. The van der Waals surface area contributed by atoms with Crippen molar-refractivity contribution in [3.05, 3.63) is 35.1 Å². The molecule has 0 heterocycles. The highest BCUT2D eigenvalue weighted by Gasteiger charge is 2.07. The molecular formula is C10H12FNO2. The highest BCUT2D eigenvalue weighted by atomic mass is 19.1. The zero-order chi connectivity index (χ0) is 10.6. The third kappa shape index (κ3) is 2.53. The zero-order valence-corrected chi connectivity index (χ0v) is 8.13. The zero-order valence-electron chi connectivity index (χ0n) is 8.13. The monoisotopic (exact) mass is 197 g/mol. The molecule has 0 aliphatic heterocycles. The molecule has 1 aromatic carbocycles. The fraction of sp³-hybridized carbons (Fsp3) is 0.300. The van der Waals surface area contributed by atoms with E-state index in [0.29, 0.717) is 12.2 Å². The number of hydroxylamine groups is 1. The van der Waals surface area contributed by atoms with Crippen LogP contribution in [-0.2, 0) is 4.84 Å². The number of carbonyl (C=O) groups excluding carboxylic acids is 1. The summed E-state index contributed by atoms with van der Waals surface area (Å²) in [6.07, 6.45) is 0. The van der Waals surface area contributed by atoms with Gasteiger partial charge in [-0.05, 0) is 31.5 Å². The maximum atomic E-state index is 13.0. The van der Waals surface area contributed by atoms with Crippen molar-refractivity contribution in [1.82, 2.24) is 5.48 Å². The maximum absolute atomic E-state index is 13.0. The Morgan fingerprint density at radius 2 is 2.29 bits per heavy atom.